The van der Waals surface area contributed by atoms with Gasteiger partial charge >= 0.3 is 0 Å². The monoisotopic (exact) mass is 482 g/mol. The molecule has 0 radical (unpaired) electrons. The summed E-state index contributed by atoms with van der Waals surface area (Å²) >= 11 is 0. The fourth-order valence-corrected chi connectivity index (χ4v) is 4.21. The van der Waals surface area contributed by atoms with Gasteiger partial charge in [-0.05, 0) is 43.7 Å². The van der Waals surface area contributed by atoms with Crippen molar-refractivity contribution in [2.75, 3.05) is 19.1 Å². The predicted molar refractivity (Wildman–Crippen MR) is 147 cm³/mol. The Balaban J connectivity index is 0.00000148. The molecule has 0 saturated heterocycles. The summed E-state index contributed by atoms with van der Waals surface area (Å²) in [7, 11) is 3.74. The zero-order valence-electron chi connectivity index (χ0n) is 21.9. The summed E-state index contributed by atoms with van der Waals surface area (Å²) in [5.41, 5.74) is 7.37. The van der Waals surface area contributed by atoms with Crippen LogP contribution in [-0.4, -0.2) is 28.5 Å². The molecule has 0 saturated carbocycles. The van der Waals surface area contributed by atoms with E-state index in [1.54, 1.807) is 7.11 Å². The molecule has 0 fully saturated rings. The van der Waals surface area contributed by atoms with Gasteiger partial charge in [-0.3, -0.25) is 4.40 Å². The number of imidazole rings is 1. The van der Waals surface area contributed by atoms with Gasteiger partial charge in [-0.2, -0.15) is 0 Å². The van der Waals surface area contributed by atoms with E-state index >= 15 is 0 Å². The summed E-state index contributed by atoms with van der Waals surface area (Å²) in [6.45, 7) is 9.25. The number of aryl methyl sites for hydroxylation is 2. The van der Waals surface area contributed by atoms with E-state index in [-0.39, 0.29) is 0 Å². The molecule has 0 N–H and O–H groups in total. The number of methoxy groups -OCH3 is 1. The van der Waals surface area contributed by atoms with Gasteiger partial charge in [0.2, 0.25) is 0 Å². The number of benzene rings is 3. The van der Waals surface area contributed by atoms with Gasteiger partial charge in [0, 0.05) is 25.2 Å². The minimum atomic E-state index is 0.516. The summed E-state index contributed by atoms with van der Waals surface area (Å²) in [5.74, 6) is 2.45. The molecule has 6 nitrogen and oxygen atoms in total. The van der Waals surface area contributed by atoms with Crippen molar-refractivity contribution >= 4 is 22.4 Å². The number of aromatic nitrogens is 3. The molecule has 36 heavy (non-hydrogen) atoms. The maximum absolute atomic E-state index is 6.01. The maximum Gasteiger partial charge on any atom is 0.155 e. The Bertz CT molecular complexity index is 1460. The topological polar surface area (TPSA) is 51.9 Å². The number of rotatable bonds is 7. The minimum Gasteiger partial charge on any atom is -0.496 e. The number of hydrogen-bond donors (Lipinski definition) is 0. The van der Waals surface area contributed by atoms with E-state index in [1.807, 2.05) is 64.5 Å². The lowest BCUT2D eigenvalue weighted by atomic mass is 10.1. The van der Waals surface area contributed by atoms with Crippen LogP contribution in [0.1, 0.15) is 36.2 Å². The smallest absolute Gasteiger partial charge is 0.155 e. The van der Waals surface area contributed by atoms with Crippen molar-refractivity contribution < 1.29 is 9.47 Å². The molecule has 0 atom stereocenters. The van der Waals surface area contributed by atoms with Crippen LogP contribution in [0.2, 0.25) is 0 Å². The molecule has 186 valence electrons. The van der Waals surface area contributed by atoms with Crippen LogP contribution in [0.4, 0.5) is 5.82 Å². The summed E-state index contributed by atoms with van der Waals surface area (Å²) < 4.78 is 13.8. The van der Waals surface area contributed by atoms with Crippen LogP contribution >= 0.6 is 0 Å². The second-order valence-electron chi connectivity index (χ2n) is 8.58. The molecule has 0 unspecified atom stereocenters. The van der Waals surface area contributed by atoms with Crippen molar-refractivity contribution in [3.63, 3.8) is 0 Å². The van der Waals surface area contributed by atoms with Gasteiger partial charge in [0.1, 0.15) is 29.9 Å². The third kappa shape index (κ3) is 5.13. The number of fused-ring (bicyclic) bond motifs is 3. The van der Waals surface area contributed by atoms with Gasteiger partial charge in [0.05, 0.1) is 23.8 Å². The van der Waals surface area contributed by atoms with Gasteiger partial charge in [0.25, 0.3) is 0 Å². The Labute approximate surface area is 213 Å². The van der Waals surface area contributed by atoms with E-state index in [1.165, 1.54) is 5.56 Å². The second kappa shape index (κ2) is 11.1. The van der Waals surface area contributed by atoms with E-state index in [9.17, 15) is 0 Å². The zero-order chi connectivity index (χ0) is 25.7. The number of ether oxygens (including phenoxy) is 2. The molecule has 5 aromatic rings. The fraction of sp³-hybridized carbons (Fsp3) is 0.267. The highest BCUT2D eigenvalue weighted by molar-refractivity contribution is 5.85. The SMILES string of the molecule is CC.COc1cc(OCc2ccc(C)cc2)ccc1CN(C)c1nc2ccccc2n2cnc(C)c12. The molecule has 2 heterocycles. The molecular formula is C30H34N4O2. The lowest BCUT2D eigenvalue weighted by Gasteiger charge is -2.22. The first-order chi connectivity index (χ1) is 17.5. The van der Waals surface area contributed by atoms with Gasteiger partial charge in [0.15, 0.2) is 5.82 Å². The van der Waals surface area contributed by atoms with E-state index in [4.69, 9.17) is 14.5 Å². The highest BCUT2D eigenvalue weighted by Crippen LogP contribution is 2.30. The summed E-state index contributed by atoms with van der Waals surface area (Å²) in [6, 6.07) is 22.5. The number of nitrogens with zero attached hydrogens (tertiary/aromatic N) is 4. The van der Waals surface area contributed by atoms with Crippen molar-refractivity contribution in [2.24, 2.45) is 0 Å². The van der Waals surface area contributed by atoms with Crippen LogP contribution in [-0.2, 0) is 13.2 Å². The molecule has 6 heteroatoms. The largest absolute Gasteiger partial charge is 0.496 e. The summed E-state index contributed by atoms with van der Waals surface area (Å²) in [6.07, 6.45) is 1.87. The lowest BCUT2D eigenvalue weighted by molar-refractivity contribution is 0.303. The van der Waals surface area contributed by atoms with Crippen LogP contribution in [0.25, 0.3) is 16.6 Å². The van der Waals surface area contributed by atoms with Gasteiger partial charge in [-0.25, -0.2) is 9.97 Å². The average molecular weight is 483 g/mol. The Hall–Kier alpha value is -4.06. The highest BCUT2D eigenvalue weighted by Gasteiger charge is 2.17. The van der Waals surface area contributed by atoms with Crippen LogP contribution in [0.15, 0.2) is 73.1 Å². The highest BCUT2D eigenvalue weighted by atomic mass is 16.5. The van der Waals surface area contributed by atoms with Crippen LogP contribution < -0.4 is 14.4 Å². The molecular weight excluding hydrogens is 448 g/mol. The minimum absolute atomic E-state index is 0.516. The van der Waals surface area contributed by atoms with Crippen LogP contribution in [0.3, 0.4) is 0 Å². The average Bonchev–Trinajstić information content (AvgIpc) is 3.31. The van der Waals surface area contributed by atoms with Crippen molar-refractivity contribution in [3.8, 4) is 11.5 Å². The van der Waals surface area contributed by atoms with Crippen LogP contribution in [0, 0.1) is 13.8 Å². The third-order valence-corrected chi connectivity index (χ3v) is 6.08. The zero-order valence-corrected chi connectivity index (χ0v) is 21.9. The third-order valence-electron chi connectivity index (χ3n) is 6.08. The Kier molecular flexibility index (Phi) is 7.74. The molecule has 0 amide bonds. The molecule has 0 spiro atoms. The van der Waals surface area contributed by atoms with E-state index in [0.29, 0.717) is 13.2 Å². The van der Waals surface area contributed by atoms with Gasteiger partial charge < -0.3 is 14.4 Å². The molecule has 0 aliphatic rings. The molecule has 2 aromatic heterocycles. The first kappa shape index (κ1) is 25.0. The van der Waals surface area contributed by atoms with Crippen molar-refractivity contribution in [1.82, 2.24) is 14.4 Å². The molecule has 3 aromatic carbocycles. The van der Waals surface area contributed by atoms with Gasteiger partial charge in [-0.1, -0.05) is 55.8 Å². The van der Waals surface area contributed by atoms with E-state index in [0.717, 1.165) is 50.7 Å². The van der Waals surface area contributed by atoms with E-state index in [2.05, 4.69) is 57.6 Å². The first-order valence-electron chi connectivity index (χ1n) is 12.3. The summed E-state index contributed by atoms with van der Waals surface area (Å²) in [5, 5.41) is 0. The molecule has 0 bridgehead atoms. The normalized spacial score (nSPS) is 10.7. The molecule has 0 aliphatic carbocycles. The van der Waals surface area contributed by atoms with Gasteiger partial charge in [-0.15, -0.1) is 0 Å². The molecule has 0 aliphatic heterocycles. The second-order valence-corrected chi connectivity index (χ2v) is 8.58. The summed E-state index contributed by atoms with van der Waals surface area (Å²) in [4.78, 5) is 11.7. The molecule has 5 rings (SSSR count). The quantitative estimate of drug-likeness (QED) is 0.257. The standard InChI is InChI=1S/C28H28N4O2.C2H6/c1-19-9-11-21(12-10-19)17-34-23-14-13-22(26(15-23)33-4)16-31(3)28-27-20(2)29-18-32(27)25-8-6-5-7-24(25)30-28;1-2/h5-15,18H,16-17H2,1-4H3;1-2H3. The Morgan fingerprint density at radius 2 is 1.69 bits per heavy atom. The fourth-order valence-electron chi connectivity index (χ4n) is 4.21. The van der Waals surface area contributed by atoms with Crippen molar-refractivity contribution in [2.45, 2.75) is 40.8 Å². The van der Waals surface area contributed by atoms with Crippen LogP contribution in [0.5, 0.6) is 11.5 Å². The lowest BCUT2D eigenvalue weighted by Crippen LogP contribution is -2.19. The first-order valence-corrected chi connectivity index (χ1v) is 12.3. The number of hydrogen-bond acceptors (Lipinski definition) is 5. The predicted octanol–water partition coefficient (Wildman–Crippen LogP) is 6.75. The Morgan fingerprint density at radius 3 is 2.44 bits per heavy atom. The van der Waals surface area contributed by atoms with Crippen molar-refractivity contribution in [3.05, 3.63) is 95.4 Å². The number of para-hydroxylation sites is 2. The maximum atomic E-state index is 6.01. The van der Waals surface area contributed by atoms with E-state index < -0.39 is 0 Å². The van der Waals surface area contributed by atoms with Crippen molar-refractivity contribution in [1.29, 1.82) is 0 Å². The number of anilines is 1. The Morgan fingerprint density at radius 1 is 0.944 bits per heavy atom.